The van der Waals surface area contributed by atoms with Crippen molar-refractivity contribution in [3.8, 4) is 0 Å². The molecule has 1 heterocycles. The Morgan fingerprint density at radius 2 is 1.89 bits per heavy atom. The molecule has 4 nitrogen and oxygen atoms in total. The minimum absolute atomic E-state index is 0.223. The van der Waals surface area contributed by atoms with E-state index in [0.717, 1.165) is 19.5 Å². The fourth-order valence-electron chi connectivity index (χ4n) is 2.15. The van der Waals surface area contributed by atoms with E-state index >= 15 is 0 Å². The monoisotopic (exact) mass is 256 g/mol. The maximum absolute atomic E-state index is 11.5. The van der Waals surface area contributed by atoms with Gasteiger partial charge in [-0.3, -0.25) is 4.90 Å². The van der Waals surface area contributed by atoms with E-state index in [1.807, 2.05) is 20.8 Å². The quantitative estimate of drug-likeness (QED) is 0.826. The van der Waals surface area contributed by atoms with E-state index in [-0.39, 0.29) is 11.6 Å². The maximum Gasteiger partial charge on any atom is 0.407 e. The van der Waals surface area contributed by atoms with Crippen LogP contribution in [0.5, 0.6) is 0 Å². The van der Waals surface area contributed by atoms with Gasteiger partial charge in [0.05, 0.1) is 0 Å². The molecule has 106 valence electrons. The van der Waals surface area contributed by atoms with Crippen LogP contribution in [0, 0.1) is 5.92 Å². The van der Waals surface area contributed by atoms with Gasteiger partial charge in [-0.1, -0.05) is 0 Å². The number of carbonyl (C=O) groups excluding carboxylic acids is 1. The van der Waals surface area contributed by atoms with Crippen LogP contribution in [0.4, 0.5) is 4.79 Å². The molecule has 1 rings (SSSR count). The van der Waals surface area contributed by atoms with E-state index in [2.05, 4.69) is 31.0 Å². The van der Waals surface area contributed by atoms with Crippen molar-refractivity contribution in [3.63, 3.8) is 0 Å². The topological polar surface area (TPSA) is 41.6 Å². The van der Waals surface area contributed by atoms with E-state index in [4.69, 9.17) is 4.74 Å². The van der Waals surface area contributed by atoms with Gasteiger partial charge in [-0.2, -0.15) is 0 Å². The SMILES string of the molecule is CC(C)(C)OC(=O)NC[C@H]1CCN(C(C)(C)C)C1. The van der Waals surface area contributed by atoms with Crippen molar-refractivity contribution in [3.05, 3.63) is 0 Å². The summed E-state index contributed by atoms with van der Waals surface area (Å²) >= 11 is 0. The lowest BCUT2D eigenvalue weighted by molar-refractivity contribution is 0.0519. The highest BCUT2D eigenvalue weighted by atomic mass is 16.6. The molecule has 1 atom stereocenters. The minimum atomic E-state index is -0.419. The van der Waals surface area contributed by atoms with Gasteiger partial charge in [0.2, 0.25) is 0 Å². The number of carbonyl (C=O) groups is 1. The Hall–Kier alpha value is -0.770. The number of nitrogens with zero attached hydrogens (tertiary/aromatic N) is 1. The molecule has 0 aromatic heterocycles. The molecular formula is C14H28N2O2. The van der Waals surface area contributed by atoms with Crippen LogP contribution in [0.15, 0.2) is 0 Å². The number of hydrogen-bond acceptors (Lipinski definition) is 3. The Balaban J connectivity index is 2.28. The first-order chi connectivity index (χ1) is 8.08. The average Bonchev–Trinajstić information content (AvgIpc) is 2.59. The number of hydrogen-bond donors (Lipinski definition) is 1. The second kappa shape index (κ2) is 5.47. The highest BCUT2D eigenvalue weighted by Gasteiger charge is 2.30. The Morgan fingerprint density at radius 1 is 1.28 bits per heavy atom. The third-order valence-electron chi connectivity index (χ3n) is 3.17. The number of ether oxygens (including phenoxy) is 1. The highest BCUT2D eigenvalue weighted by molar-refractivity contribution is 5.67. The minimum Gasteiger partial charge on any atom is -0.444 e. The van der Waals surface area contributed by atoms with Gasteiger partial charge in [-0.15, -0.1) is 0 Å². The maximum atomic E-state index is 11.5. The fraction of sp³-hybridized carbons (Fsp3) is 0.929. The van der Waals surface area contributed by atoms with E-state index in [9.17, 15) is 4.79 Å². The van der Waals surface area contributed by atoms with Crippen LogP contribution in [-0.4, -0.2) is 41.8 Å². The summed E-state index contributed by atoms with van der Waals surface area (Å²) < 4.78 is 5.23. The van der Waals surface area contributed by atoms with Crippen molar-refractivity contribution < 1.29 is 9.53 Å². The van der Waals surface area contributed by atoms with Crippen LogP contribution in [0.1, 0.15) is 48.0 Å². The van der Waals surface area contributed by atoms with Crippen LogP contribution in [0.2, 0.25) is 0 Å². The van der Waals surface area contributed by atoms with Gasteiger partial charge in [-0.05, 0) is 60.4 Å². The summed E-state index contributed by atoms with van der Waals surface area (Å²) in [7, 11) is 0. The number of rotatable bonds is 2. The molecule has 1 saturated heterocycles. The van der Waals surface area contributed by atoms with Crippen molar-refractivity contribution in [2.75, 3.05) is 19.6 Å². The molecule has 4 heteroatoms. The Morgan fingerprint density at radius 3 is 2.33 bits per heavy atom. The summed E-state index contributed by atoms with van der Waals surface area (Å²) in [5.41, 5.74) is -0.197. The molecule has 18 heavy (non-hydrogen) atoms. The van der Waals surface area contributed by atoms with E-state index < -0.39 is 5.60 Å². The first-order valence-electron chi connectivity index (χ1n) is 6.80. The van der Waals surface area contributed by atoms with Crippen LogP contribution in [0.25, 0.3) is 0 Å². The van der Waals surface area contributed by atoms with Crippen molar-refractivity contribution in [2.24, 2.45) is 5.92 Å². The summed E-state index contributed by atoms with van der Waals surface area (Å²) in [5.74, 6) is 0.539. The van der Waals surface area contributed by atoms with E-state index in [1.165, 1.54) is 0 Å². The van der Waals surface area contributed by atoms with Gasteiger partial charge in [0.1, 0.15) is 5.60 Å². The molecule has 1 aliphatic rings. The van der Waals surface area contributed by atoms with Crippen molar-refractivity contribution in [1.29, 1.82) is 0 Å². The average molecular weight is 256 g/mol. The number of alkyl carbamates (subject to hydrolysis) is 1. The molecule has 0 aliphatic carbocycles. The molecule has 0 aromatic rings. The van der Waals surface area contributed by atoms with Gasteiger partial charge >= 0.3 is 6.09 Å². The third kappa shape index (κ3) is 5.25. The van der Waals surface area contributed by atoms with E-state index in [1.54, 1.807) is 0 Å². The van der Waals surface area contributed by atoms with E-state index in [0.29, 0.717) is 12.5 Å². The molecule has 0 aromatic carbocycles. The lowest BCUT2D eigenvalue weighted by Crippen LogP contribution is -2.40. The molecular weight excluding hydrogens is 228 g/mol. The van der Waals surface area contributed by atoms with Crippen LogP contribution in [0.3, 0.4) is 0 Å². The molecule has 0 radical (unpaired) electrons. The zero-order valence-electron chi connectivity index (χ0n) is 12.7. The number of amides is 1. The van der Waals surface area contributed by atoms with Crippen LogP contribution in [-0.2, 0) is 4.74 Å². The second-order valence-electron chi connectivity index (χ2n) is 7.15. The lowest BCUT2D eigenvalue weighted by Gasteiger charge is -2.31. The normalized spacial score (nSPS) is 22.0. The first kappa shape index (κ1) is 15.3. The predicted octanol–water partition coefficient (Wildman–Crippen LogP) is 2.63. The summed E-state index contributed by atoms with van der Waals surface area (Å²) in [4.78, 5) is 14.0. The van der Waals surface area contributed by atoms with Gasteiger partial charge in [-0.25, -0.2) is 4.79 Å². The molecule has 1 fully saturated rings. The van der Waals surface area contributed by atoms with Gasteiger partial charge in [0.15, 0.2) is 0 Å². The Bertz CT molecular complexity index is 289. The van der Waals surface area contributed by atoms with Gasteiger partial charge in [0.25, 0.3) is 0 Å². The largest absolute Gasteiger partial charge is 0.444 e. The summed E-state index contributed by atoms with van der Waals surface area (Å²) in [6.45, 7) is 15.2. The number of likely N-dealkylation sites (tertiary alicyclic amines) is 1. The van der Waals surface area contributed by atoms with Gasteiger partial charge < -0.3 is 10.1 Å². The molecule has 1 aliphatic heterocycles. The summed E-state index contributed by atoms with van der Waals surface area (Å²) in [6, 6.07) is 0. The summed E-state index contributed by atoms with van der Waals surface area (Å²) in [6.07, 6.45) is 0.837. The smallest absolute Gasteiger partial charge is 0.407 e. The van der Waals surface area contributed by atoms with Crippen molar-refractivity contribution >= 4 is 6.09 Å². The highest BCUT2D eigenvalue weighted by Crippen LogP contribution is 2.23. The predicted molar refractivity (Wildman–Crippen MR) is 73.7 cm³/mol. The molecule has 0 unspecified atom stereocenters. The molecule has 0 spiro atoms. The van der Waals surface area contributed by atoms with Crippen molar-refractivity contribution in [1.82, 2.24) is 10.2 Å². The molecule has 1 N–H and O–H groups in total. The fourth-order valence-corrected chi connectivity index (χ4v) is 2.15. The Kier molecular flexibility index (Phi) is 4.65. The number of nitrogens with one attached hydrogen (secondary N) is 1. The zero-order valence-corrected chi connectivity index (χ0v) is 12.7. The van der Waals surface area contributed by atoms with Crippen molar-refractivity contribution in [2.45, 2.75) is 59.1 Å². The van der Waals surface area contributed by atoms with Gasteiger partial charge in [0, 0.05) is 18.6 Å². The Labute approximate surface area is 111 Å². The summed E-state index contributed by atoms with van der Waals surface area (Å²) in [5, 5.41) is 2.87. The lowest BCUT2D eigenvalue weighted by atomic mass is 10.1. The molecule has 0 saturated carbocycles. The zero-order chi connectivity index (χ0) is 14.0. The molecule has 1 amide bonds. The van der Waals surface area contributed by atoms with Crippen LogP contribution >= 0.6 is 0 Å². The third-order valence-corrected chi connectivity index (χ3v) is 3.17. The second-order valence-corrected chi connectivity index (χ2v) is 7.15. The standard InChI is InChI=1S/C14H28N2O2/c1-13(2,3)16-8-7-11(10-16)9-15-12(17)18-14(4,5)6/h11H,7-10H2,1-6H3,(H,15,17)/t11-/m1/s1. The van der Waals surface area contributed by atoms with Crippen LogP contribution < -0.4 is 5.32 Å². The first-order valence-corrected chi connectivity index (χ1v) is 6.80. The molecule has 0 bridgehead atoms.